The number of rotatable bonds is 6. The largest absolute Gasteiger partial charge is 0.381 e. The van der Waals surface area contributed by atoms with Crippen molar-refractivity contribution in [1.82, 2.24) is 10.2 Å². The lowest BCUT2D eigenvalue weighted by atomic mass is 9.74. The summed E-state index contributed by atoms with van der Waals surface area (Å²) in [7, 11) is 0. The number of carbonyl (C=O) groups excluding carboxylic acids is 1. The number of hydrogen-bond donors (Lipinski definition) is 1. The first-order valence-electron chi connectivity index (χ1n) is 10.7. The van der Waals surface area contributed by atoms with Gasteiger partial charge < -0.3 is 14.8 Å². The summed E-state index contributed by atoms with van der Waals surface area (Å²) >= 11 is 3.59. The van der Waals surface area contributed by atoms with E-state index in [1.807, 2.05) is 24.3 Å². The van der Waals surface area contributed by atoms with Crippen LogP contribution in [0.4, 0.5) is 0 Å². The quantitative estimate of drug-likeness (QED) is 0.695. The fourth-order valence-electron chi connectivity index (χ4n) is 4.33. The van der Waals surface area contributed by atoms with Crippen molar-refractivity contribution in [1.29, 1.82) is 0 Å². The first kappa shape index (κ1) is 21.5. The highest BCUT2D eigenvalue weighted by Crippen LogP contribution is 2.35. The molecule has 160 valence electrons. The van der Waals surface area contributed by atoms with E-state index in [0.29, 0.717) is 6.54 Å². The van der Waals surface area contributed by atoms with Gasteiger partial charge in [0.25, 0.3) is 5.91 Å². The van der Waals surface area contributed by atoms with Crippen LogP contribution in [0.5, 0.6) is 0 Å². The first-order valence-corrected chi connectivity index (χ1v) is 11.4. The molecule has 4 rings (SSSR count). The normalized spacial score (nSPS) is 19.4. The van der Waals surface area contributed by atoms with Crippen LogP contribution in [0, 0.1) is 0 Å². The minimum absolute atomic E-state index is 0.0142. The van der Waals surface area contributed by atoms with Crippen molar-refractivity contribution in [3.05, 3.63) is 69.7 Å². The summed E-state index contributed by atoms with van der Waals surface area (Å²) in [6.45, 7) is 6.34. The van der Waals surface area contributed by atoms with Gasteiger partial charge in [-0.05, 0) is 48.2 Å². The highest BCUT2D eigenvalue weighted by molar-refractivity contribution is 9.10. The van der Waals surface area contributed by atoms with Gasteiger partial charge >= 0.3 is 0 Å². The van der Waals surface area contributed by atoms with Crippen LogP contribution in [0.2, 0.25) is 0 Å². The summed E-state index contributed by atoms with van der Waals surface area (Å²) in [4.78, 5) is 15.4. The van der Waals surface area contributed by atoms with Crippen molar-refractivity contribution in [3.8, 4) is 0 Å². The Morgan fingerprint density at radius 1 is 1.00 bits per heavy atom. The Hall–Kier alpha value is -1.73. The van der Waals surface area contributed by atoms with Gasteiger partial charge in [0.05, 0.1) is 13.2 Å². The monoisotopic (exact) mass is 472 g/mol. The molecule has 1 amide bonds. The molecule has 6 heteroatoms. The standard InChI is InChI=1S/C24H29BrN2O3/c25-22-6-2-5-21(16-22)24(7-11-29-12-8-24)18-26-23(28)20-4-1-3-19(15-20)17-27-9-13-30-14-10-27/h1-6,15-16H,7-14,17-18H2,(H,26,28). The smallest absolute Gasteiger partial charge is 0.251 e. The van der Waals surface area contributed by atoms with E-state index in [1.54, 1.807) is 0 Å². The second-order valence-electron chi connectivity index (χ2n) is 8.17. The van der Waals surface area contributed by atoms with Crippen molar-refractivity contribution < 1.29 is 14.3 Å². The Kier molecular flexibility index (Phi) is 7.20. The second kappa shape index (κ2) is 10.1. The van der Waals surface area contributed by atoms with Crippen LogP contribution in [0.25, 0.3) is 0 Å². The Morgan fingerprint density at radius 2 is 1.73 bits per heavy atom. The average molecular weight is 473 g/mol. The van der Waals surface area contributed by atoms with E-state index in [9.17, 15) is 4.79 Å². The summed E-state index contributed by atoms with van der Waals surface area (Å²) < 4.78 is 12.1. The maximum absolute atomic E-state index is 13.0. The van der Waals surface area contributed by atoms with E-state index in [4.69, 9.17) is 9.47 Å². The van der Waals surface area contributed by atoms with Crippen LogP contribution >= 0.6 is 15.9 Å². The van der Waals surface area contributed by atoms with Crippen LogP contribution in [0.15, 0.2) is 53.0 Å². The molecule has 30 heavy (non-hydrogen) atoms. The van der Waals surface area contributed by atoms with Crippen molar-refractivity contribution in [2.45, 2.75) is 24.8 Å². The minimum Gasteiger partial charge on any atom is -0.381 e. The minimum atomic E-state index is -0.0941. The number of nitrogens with one attached hydrogen (secondary N) is 1. The van der Waals surface area contributed by atoms with E-state index in [2.05, 4.69) is 50.4 Å². The molecule has 5 nitrogen and oxygen atoms in total. The predicted molar refractivity (Wildman–Crippen MR) is 121 cm³/mol. The van der Waals surface area contributed by atoms with E-state index in [-0.39, 0.29) is 11.3 Å². The van der Waals surface area contributed by atoms with Gasteiger partial charge in [-0.25, -0.2) is 0 Å². The molecule has 1 N–H and O–H groups in total. The Bertz CT molecular complexity index is 861. The summed E-state index contributed by atoms with van der Waals surface area (Å²) in [5.74, 6) is -0.0142. The lowest BCUT2D eigenvalue weighted by molar-refractivity contribution is 0.0342. The second-order valence-corrected chi connectivity index (χ2v) is 9.09. The van der Waals surface area contributed by atoms with Gasteiger partial charge in [-0.1, -0.05) is 40.2 Å². The molecular formula is C24H29BrN2O3. The molecule has 0 aliphatic carbocycles. The molecule has 2 aliphatic rings. The summed E-state index contributed by atoms with van der Waals surface area (Å²) in [5.41, 5.74) is 3.04. The van der Waals surface area contributed by atoms with Crippen LogP contribution in [0.3, 0.4) is 0 Å². The summed E-state index contributed by atoms with van der Waals surface area (Å²) in [5, 5.41) is 3.21. The number of hydrogen-bond acceptors (Lipinski definition) is 4. The van der Waals surface area contributed by atoms with Gasteiger partial charge in [0.2, 0.25) is 0 Å². The molecule has 2 aliphatic heterocycles. The molecule has 2 aromatic carbocycles. The van der Waals surface area contributed by atoms with E-state index >= 15 is 0 Å². The SMILES string of the molecule is O=C(NCC1(c2cccc(Br)c2)CCOCC1)c1cccc(CN2CCOCC2)c1. The Morgan fingerprint density at radius 3 is 2.50 bits per heavy atom. The number of benzene rings is 2. The molecule has 0 spiro atoms. The lowest BCUT2D eigenvalue weighted by Crippen LogP contribution is -2.44. The number of halogens is 1. The maximum Gasteiger partial charge on any atom is 0.251 e. The number of nitrogens with zero attached hydrogens (tertiary/aromatic N) is 1. The van der Waals surface area contributed by atoms with E-state index in [1.165, 1.54) is 5.56 Å². The van der Waals surface area contributed by atoms with Crippen molar-refractivity contribution in [2.75, 3.05) is 46.1 Å². The highest BCUT2D eigenvalue weighted by Gasteiger charge is 2.35. The van der Waals surface area contributed by atoms with Gasteiger partial charge in [-0.3, -0.25) is 9.69 Å². The molecule has 0 atom stereocenters. The fourth-order valence-corrected chi connectivity index (χ4v) is 4.73. The van der Waals surface area contributed by atoms with Crippen LogP contribution in [0.1, 0.15) is 34.3 Å². The number of ether oxygens (including phenoxy) is 2. The average Bonchev–Trinajstić information content (AvgIpc) is 2.79. The highest BCUT2D eigenvalue weighted by atomic mass is 79.9. The van der Waals surface area contributed by atoms with Gasteiger partial charge in [0.1, 0.15) is 0 Å². The van der Waals surface area contributed by atoms with E-state index < -0.39 is 0 Å². The van der Waals surface area contributed by atoms with Crippen LogP contribution in [-0.4, -0.2) is 56.9 Å². The van der Waals surface area contributed by atoms with E-state index in [0.717, 1.165) is 74.5 Å². The molecule has 0 radical (unpaired) electrons. The van der Waals surface area contributed by atoms with Gasteiger partial charge in [0, 0.05) is 54.8 Å². The fraction of sp³-hybridized carbons (Fsp3) is 0.458. The molecule has 0 unspecified atom stereocenters. The van der Waals surface area contributed by atoms with Gasteiger partial charge in [-0.15, -0.1) is 0 Å². The maximum atomic E-state index is 13.0. The number of amides is 1. The first-order chi connectivity index (χ1) is 14.6. The van der Waals surface area contributed by atoms with Crippen LogP contribution in [-0.2, 0) is 21.4 Å². The van der Waals surface area contributed by atoms with Crippen molar-refractivity contribution in [2.24, 2.45) is 0 Å². The van der Waals surface area contributed by atoms with Crippen molar-refractivity contribution >= 4 is 21.8 Å². The summed E-state index contributed by atoms with van der Waals surface area (Å²) in [6, 6.07) is 16.4. The molecule has 0 aromatic heterocycles. The van der Waals surface area contributed by atoms with Gasteiger partial charge in [-0.2, -0.15) is 0 Å². The molecule has 2 fully saturated rings. The Balaban J connectivity index is 1.44. The molecular weight excluding hydrogens is 444 g/mol. The third kappa shape index (κ3) is 5.30. The van der Waals surface area contributed by atoms with Crippen molar-refractivity contribution in [3.63, 3.8) is 0 Å². The third-order valence-corrected chi connectivity index (χ3v) is 6.67. The zero-order valence-electron chi connectivity index (χ0n) is 17.2. The predicted octanol–water partition coefficient (Wildman–Crippen LogP) is 3.76. The molecule has 2 heterocycles. The Labute approximate surface area is 186 Å². The zero-order chi connectivity index (χ0) is 20.8. The molecule has 2 aromatic rings. The lowest BCUT2D eigenvalue weighted by Gasteiger charge is -2.38. The molecule has 0 bridgehead atoms. The molecule has 2 saturated heterocycles. The third-order valence-electron chi connectivity index (χ3n) is 6.17. The zero-order valence-corrected chi connectivity index (χ0v) is 18.8. The number of morpholine rings is 1. The van der Waals surface area contributed by atoms with Crippen LogP contribution < -0.4 is 5.32 Å². The number of carbonyl (C=O) groups is 1. The summed E-state index contributed by atoms with van der Waals surface area (Å²) in [6.07, 6.45) is 1.81. The topological polar surface area (TPSA) is 50.8 Å². The molecule has 0 saturated carbocycles. The van der Waals surface area contributed by atoms with Gasteiger partial charge in [0.15, 0.2) is 0 Å².